The first-order valence-electron chi connectivity index (χ1n) is 7.72. The smallest absolute Gasteiger partial charge is 0.275 e. The molecular weight excluding hydrogens is 350 g/mol. The summed E-state index contributed by atoms with van der Waals surface area (Å²) in [6, 6.07) is 6.95. The van der Waals surface area contributed by atoms with Crippen LogP contribution in [0.5, 0.6) is 0 Å². The Morgan fingerprint density at radius 2 is 2.08 bits per heavy atom. The Balaban J connectivity index is 1.46. The van der Waals surface area contributed by atoms with Crippen molar-refractivity contribution in [3.63, 3.8) is 0 Å². The second kappa shape index (κ2) is 7.47. The Morgan fingerprint density at radius 3 is 2.71 bits per heavy atom. The number of quaternary nitrogens is 1. The maximum atomic E-state index is 12.4. The molecule has 0 aromatic carbocycles. The molecule has 0 bridgehead atoms. The van der Waals surface area contributed by atoms with Gasteiger partial charge in [-0.15, -0.1) is 11.3 Å². The fourth-order valence-corrected chi connectivity index (χ4v) is 5.23. The normalized spacial score (nSPS) is 17.0. The van der Waals surface area contributed by atoms with E-state index in [4.69, 9.17) is 4.42 Å². The lowest BCUT2D eigenvalue weighted by atomic mass is 10.3. The number of furan rings is 1. The van der Waals surface area contributed by atoms with Crippen LogP contribution in [0, 0.1) is 0 Å². The van der Waals surface area contributed by atoms with Gasteiger partial charge in [0.1, 0.15) is 9.97 Å². The maximum absolute atomic E-state index is 12.4. The highest BCUT2D eigenvalue weighted by Crippen LogP contribution is 2.20. The first kappa shape index (κ1) is 17.2. The van der Waals surface area contributed by atoms with Gasteiger partial charge in [0.05, 0.1) is 39.0 Å². The van der Waals surface area contributed by atoms with E-state index in [2.05, 4.69) is 5.32 Å². The van der Waals surface area contributed by atoms with Crippen LogP contribution < -0.4 is 10.2 Å². The van der Waals surface area contributed by atoms with E-state index in [-0.39, 0.29) is 5.91 Å². The van der Waals surface area contributed by atoms with Crippen LogP contribution in [-0.4, -0.2) is 51.4 Å². The quantitative estimate of drug-likeness (QED) is 0.721. The summed E-state index contributed by atoms with van der Waals surface area (Å²) in [6.07, 6.45) is 1.57. The molecule has 0 spiro atoms. The van der Waals surface area contributed by atoms with Crippen LogP contribution in [0.3, 0.4) is 0 Å². The largest absolute Gasteiger partial charge is 0.467 e. The molecular formula is C15H20N3O4S2+. The minimum atomic E-state index is -3.38. The van der Waals surface area contributed by atoms with Crippen LogP contribution in [0.1, 0.15) is 5.76 Å². The first-order valence-corrected chi connectivity index (χ1v) is 10.0. The van der Waals surface area contributed by atoms with Crippen molar-refractivity contribution in [2.24, 2.45) is 0 Å². The van der Waals surface area contributed by atoms with E-state index < -0.39 is 10.0 Å². The van der Waals surface area contributed by atoms with Crippen molar-refractivity contribution >= 4 is 27.3 Å². The van der Waals surface area contributed by atoms with Crippen molar-refractivity contribution in [3.8, 4) is 0 Å². The molecule has 0 unspecified atom stereocenters. The third-order valence-corrected chi connectivity index (χ3v) is 7.24. The third kappa shape index (κ3) is 4.04. The third-order valence-electron chi connectivity index (χ3n) is 3.97. The zero-order valence-corrected chi connectivity index (χ0v) is 14.7. The minimum absolute atomic E-state index is 0.0593. The number of hydrogen-bond donors (Lipinski definition) is 2. The summed E-state index contributed by atoms with van der Waals surface area (Å²) >= 11 is 1.23. The predicted octanol–water partition coefficient (Wildman–Crippen LogP) is -0.453. The molecule has 1 aliphatic rings. The summed E-state index contributed by atoms with van der Waals surface area (Å²) in [6.45, 7) is 2.82. The number of sulfonamides is 1. The van der Waals surface area contributed by atoms with Gasteiger partial charge < -0.3 is 14.6 Å². The second-order valence-electron chi connectivity index (χ2n) is 5.62. The molecule has 1 saturated heterocycles. The molecule has 2 aromatic heterocycles. The average Bonchev–Trinajstić information content (AvgIpc) is 3.27. The van der Waals surface area contributed by atoms with Crippen LogP contribution in [-0.2, 0) is 21.4 Å². The van der Waals surface area contributed by atoms with Crippen molar-refractivity contribution in [1.29, 1.82) is 0 Å². The topological polar surface area (TPSA) is 84.1 Å². The Labute approximate surface area is 144 Å². The van der Waals surface area contributed by atoms with E-state index in [1.165, 1.54) is 15.6 Å². The summed E-state index contributed by atoms with van der Waals surface area (Å²) in [4.78, 5) is 13.1. The average molecular weight is 370 g/mol. The highest BCUT2D eigenvalue weighted by atomic mass is 32.2. The molecule has 3 rings (SSSR count). The van der Waals surface area contributed by atoms with Crippen LogP contribution >= 0.6 is 11.3 Å². The number of piperazine rings is 1. The molecule has 9 heteroatoms. The molecule has 130 valence electrons. The van der Waals surface area contributed by atoms with Crippen molar-refractivity contribution in [3.05, 3.63) is 41.7 Å². The molecule has 0 atom stereocenters. The molecule has 7 nitrogen and oxygen atoms in total. The van der Waals surface area contributed by atoms with Gasteiger partial charge in [-0.1, -0.05) is 6.07 Å². The Morgan fingerprint density at radius 1 is 1.29 bits per heavy atom. The highest BCUT2D eigenvalue weighted by Gasteiger charge is 2.31. The number of rotatable bonds is 6. The van der Waals surface area contributed by atoms with Gasteiger partial charge in [0, 0.05) is 0 Å². The lowest BCUT2D eigenvalue weighted by Crippen LogP contribution is -3.15. The number of thiophene rings is 1. The standard InChI is InChI=1S/C15H19N3O4S2/c19-14(16-11-13-3-1-9-22-13)12-17-5-7-18(8-6-17)24(20,21)15-4-2-10-23-15/h1-4,9-10H,5-8,11-12H2,(H,16,19)/p+1. The Hall–Kier alpha value is -1.68. The fourth-order valence-electron chi connectivity index (χ4n) is 2.65. The molecule has 2 aromatic rings. The monoisotopic (exact) mass is 370 g/mol. The molecule has 0 radical (unpaired) electrons. The van der Waals surface area contributed by atoms with Crippen molar-refractivity contribution < 1.29 is 22.5 Å². The number of carbonyl (C=O) groups excluding carboxylic acids is 1. The van der Waals surface area contributed by atoms with Crippen LogP contribution in [0.2, 0.25) is 0 Å². The molecule has 3 heterocycles. The van der Waals surface area contributed by atoms with E-state index in [0.29, 0.717) is 49.2 Å². The van der Waals surface area contributed by atoms with Crippen molar-refractivity contribution in [1.82, 2.24) is 9.62 Å². The molecule has 2 N–H and O–H groups in total. The molecule has 0 saturated carbocycles. The number of carbonyl (C=O) groups is 1. The summed E-state index contributed by atoms with van der Waals surface area (Å²) < 4.78 is 31.9. The summed E-state index contributed by atoms with van der Waals surface area (Å²) in [5, 5.41) is 4.57. The minimum Gasteiger partial charge on any atom is -0.467 e. The van der Waals surface area contributed by atoms with Crippen LogP contribution in [0.25, 0.3) is 0 Å². The van der Waals surface area contributed by atoms with Crippen LogP contribution in [0.15, 0.2) is 44.5 Å². The highest BCUT2D eigenvalue weighted by molar-refractivity contribution is 7.91. The van der Waals surface area contributed by atoms with Gasteiger partial charge in [0.15, 0.2) is 6.54 Å². The van der Waals surface area contributed by atoms with E-state index in [9.17, 15) is 13.2 Å². The van der Waals surface area contributed by atoms with Crippen molar-refractivity contribution in [2.75, 3.05) is 32.7 Å². The predicted molar refractivity (Wildman–Crippen MR) is 89.2 cm³/mol. The molecule has 1 fully saturated rings. The molecule has 1 aliphatic heterocycles. The van der Waals surface area contributed by atoms with Crippen LogP contribution in [0.4, 0.5) is 0 Å². The number of amides is 1. The Bertz CT molecular complexity index is 749. The first-order chi connectivity index (χ1) is 11.6. The van der Waals surface area contributed by atoms with E-state index in [0.717, 1.165) is 4.90 Å². The SMILES string of the molecule is O=C(C[NH+]1CCN(S(=O)(=O)c2cccs2)CC1)NCc1ccco1. The lowest BCUT2D eigenvalue weighted by molar-refractivity contribution is -0.895. The fraction of sp³-hybridized carbons (Fsp3) is 0.400. The van der Waals surface area contributed by atoms with Gasteiger partial charge >= 0.3 is 0 Å². The summed E-state index contributed by atoms with van der Waals surface area (Å²) in [5.74, 6) is 0.654. The van der Waals surface area contributed by atoms with Gasteiger partial charge in [-0.2, -0.15) is 4.31 Å². The van der Waals surface area contributed by atoms with E-state index >= 15 is 0 Å². The summed E-state index contributed by atoms with van der Waals surface area (Å²) in [5.41, 5.74) is 0. The van der Waals surface area contributed by atoms with E-state index in [1.807, 2.05) is 0 Å². The van der Waals surface area contributed by atoms with Gasteiger partial charge in [0.25, 0.3) is 15.9 Å². The summed E-state index contributed by atoms with van der Waals surface area (Å²) in [7, 11) is -3.38. The maximum Gasteiger partial charge on any atom is 0.275 e. The zero-order valence-electron chi connectivity index (χ0n) is 13.1. The van der Waals surface area contributed by atoms with Gasteiger partial charge in [-0.05, 0) is 23.6 Å². The van der Waals surface area contributed by atoms with Crippen molar-refractivity contribution in [2.45, 2.75) is 10.8 Å². The molecule has 24 heavy (non-hydrogen) atoms. The lowest BCUT2D eigenvalue weighted by Gasteiger charge is -2.30. The zero-order chi connectivity index (χ0) is 17.0. The number of nitrogens with zero attached hydrogens (tertiary/aromatic N) is 1. The second-order valence-corrected chi connectivity index (χ2v) is 8.73. The van der Waals surface area contributed by atoms with Gasteiger partial charge in [-0.3, -0.25) is 4.79 Å². The number of nitrogens with one attached hydrogen (secondary N) is 2. The van der Waals surface area contributed by atoms with Gasteiger partial charge in [0.2, 0.25) is 0 Å². The van der Waals surface area contributed by atoms with Gasteiger partial charge in [-0.25, -0.2) is 8.42 Å². The Kier molecular flexibility index (Phi) is 5.34. The number of hydrogen-bond acceptors (Lipinski definition) is 5. The van der Waals surface area contributed by atoms with E-state index in [1.54, 1.807) is 35.9 Å². The molecule has 0 aliphatic carbocycles. The molecule has 1 amide bonds.